The number of ketones is 1. The fraction of sp³-hybridized carbons (Fsp3) is 0.723. The lowest BCUT2D eigenvalue weighted by atomic mass is 9.73. The lowest BCUT2D eigenvalue weighted by Crippen LogP contribution is -2.49. The molecule has 0 saturated heterocycles. The molecule has 284 valence electrons. The highest BCUT2D eigenvalue weighted by Gasteiger charge is 2.49. The van der Waals surface area contributed by atoms with Gasteiger partial charge in [0.05, 0.1) is 0 Å². The third-order valence-electron chi connectivity index (χ3n) is 11.0. The Balaban J connectivity index is 1.83. The van der Waals surface area contributed by atoms with Crippen LogP contribution in [0.25, 0.3) is 0 Å². The van der Waals surface area contributed by atoms with Crippen LogP contribution in [-0.2, 0) is 16.0 Å². The van der Waals surface area contributed by atoms with Gasteiger partial charge in [-0.25, -0.2) is 0 Å². The fourth-order valence-electron chi connectivity index (χ4n) is 7.70. The van der Waals surface area contributed by atoms with Crippen molar-refractivity contribution in [2.75, 3.05) is 0 Å². The number of carbonyl (C=O) groups is 1. The van der Waals surface area contributed by atoms with Crippen molar-refractivity contribution in [3.63, 3.8) is 0 Å². The Morgan fingerprint density at radius 3 is 0.840 bits per heavy atom. The van der Waals surface area contributed by atoms with E-state index >= 15 is 0 Å². The number of rotatable bonds is 34. The Morgan fingerprint density at radius 2 is 0.600 bits per heavy atom. The lowest BCUT2D eigenvalue weighted by molar-refractivity contribution is -0.161. The van der Waals surface area contributed by atoms with Crippen molar-refractivity contribution >= 4 is 5.78 Å². The van der Waals surface area contributed by atoms with Gasteiger partial charge in [-0.3, -0.25) is 4.79 Å². The lowest BCUT2D eigenvalue weighted by Gasteiger charge is -2.37. The Hall–Kier alpha value is -1.97. The molecular weight excluding hydrogens is 613 g/mol. The van der Waals surface area contributed by atoms with Crippen LogP contribution in [0.5, 0.6) is 0 Å². The highest BCUT2D eigenvalue weighted by atomic mass is 16.3. The molecule has 0 aliphatic rings. The first-order valence-corrected chi connectivity index (χ1v) is 21.6. The monoisotopic (exact) mass is 691 g/mol. The average Bonchev–Trinajstić information content (AvgIpc) is 3.15. The van der Waals surface area contributed by atoms with Gasteiger partial charge < -0.3 is 10.2 Å². The van der Waals surface area contributed by atoms with E-state index in [1.165, 1.54) is 141 Å². The molecule has 0 heterocycles. The predicted molar refractivity (Wildman–Crippen MR) is 216 cm³/mol. The Labute approximate surface area is 309 Å². The number of carbonyl (C=O) groups excluding carboxylic acids is 1. The van der Waals surface area contributed by atoms with Gasteiger partial charge in [-0.1, -0.05) is 241 Å². The zero-order chi connectivity index (χ0) is 36.0. The van der Waals surface area contributed by atoms with E-state index in [4.69, 9.17) is 0 Å². The third-order valence-corrected chi connectivity index (χ3v) is 11.0. The smallest absolute Gasteiger partial charge is 0.204 e. The average molecular weight is 691 g/mol. The first-order chi connectivity index (χ1) is 24.5. The molecule has 0 aliphatic heterocycles. The third kappa shape index (κ3) is 18.0. The second-order valence-corrected chi connectivity index (χ2v) is 15.5. The van der Waals surface area contributed by atoms with E-state index in [1.807, 2.05) is 60.7 Å². The molecule has 0 aliphatic carbocycles. The van der Waals surface area contributed by atoms with Crippen molar-refractivity contribution < 1.29 is 15.0 Å². The van der Waals surface area contributed by atoms with Crippen LogP contribution in [-0.4, -0.2) is 16.0 Å². The van der Waals surface area contributed by atoms with Gasteiger partial charge in [0.25, 0.3) is 0 Å². The Morgan fingerprint density at radius 1 is 0.380 bits per heavy atom. The summed E-state index contributed by atoms with van der Waals surface area (Å²) in [5.41, 5.74) is -2.26. The van der Waals surface area contributed by atoms with Gasteiger partial charge in [0.2, 0.25) is 5.78 Å². The number of unbranched alkanes of at least 4 members (excludes halogenated alkanes) is 26. The molecule has 2 aromatic rings. The van der Waals surface area contributed by atoms with Crippen LogP contribution in [0.1, 0.15) is 218 Å². The minimum Gasteiger partial charge on any atom is -0.377 e. The highest BCUT2D eigenvalue weighted by molar-refractivity contribution is 5.96. The predicted octanol–water partition coefficient (Wildman–Crippen LogP) is 14.1. The van der Waals surface area contributed by atoms with Gasteiger partial charge in [-0.2, -0.15) is 0 Å². The van der Waals surface area contributed by atoms with Crippen molar-refractivity contribution in [2.24, 2.45) is 0 Å². The summed E-state index contributed by atoms with van der Waals surface area (Å²) < 4.78 is 0. The van der Waals surface area contributed by atoms with E-state index < -0.39 is 17.0 Å². The van der Waals surface area contributed by atoms with Gasteiger partial charge in [-0.15, -0.1) is 0 Å². The molecule has 3 nitrogen and oxygen atoms in total. The van der Waals surface area contributed by atoms with Crippen LogP contribution in [0, 0.1) is 0 Å². The molecule has 0 bridgehead atoms. The number of aliphatic hydroxyl groups is 2. The molecular formula is C47H78O3. The molecule has 2 atom stereocenters. The van der Waals surface area contributed by atoms with Crippen molar-refractivity contribution in [1.82, 2.24) is 0 Å². The minimum absolute atomic E-state index is 0.335. The quantitative estimate of drug-likeness (QED) is 0.0719. The number of hydrogen-bond acceptors (Lipinski definition) is 3. The highest BCUT2D eigenvalue weighted by Crippen LogP contribution is 2.39. The van der Waals surface area contributed by atoms with E-state index in [0.717, 1.165) is 38.5 Å². The number of hydrogen-bond donors (Lipinski definition) is 2. The first-order valence-electron chi connectivity index (χ1n) is 21.6. The summed E-state index contributed by atoms with van der Waals surface area (Å²) in [5.74, 6) is -0.466. The van der Waals surface area contributed by atoms with Gasteiger partial charge in [0, 0.05) is 0 Å². The summed E-state index contributed by atoms with van der Waals surface area (Å²) in [5, 5.41) is 24.5. The van der Waals surface area contributed by atoms with E-state index in [9.17, 15) is 15.0 Å². The first kappa shape index (κ1) is 44.2. The Bertz CT molecular complexity index is 969. The maximum Gasteiger partial charge on any atom is 0.204 e. The maximum atomic E-state index is 14.5. The molecule has 2 aromatic carbocycles. The van der Waals surface area contributed by atoms with Crippen molar-refractivity contribution in [1.29, 1.82) is 0 Å². The van der Waals surface area contributed by atoms with Gasteiger partial charge in [0.1, 0.15) is 0 Å². The molecule has 0 amide bonds. The molecule has 0 saturated carbocycles. The van der Waals surface area contributed by atoms with Crippen molar-refractivity contribution in [2.45, 2.75) is 218 Å². The van der Waals surface area contributed by atoms with Gasteiger partial charge in [-0.05, 0) is 36.8 Å². The van der Waals surface area contributed by atoms with E-state index in [-0.39, 0.29) is 0 Å². The zero-order valence-electron chi connectivity index (χ0n) is 32.8. The molecule has 0 fully saturated rings. The second kappa shape index (κ2) is 28.6. The standard InChI is InChI=1S/C47H78O3/c1-3-5-7-9-11-13-15-17-19-21-23-25-27-35-41-46(49,43-37-31-29-32-38-43)45(48)47(50,44-39-33-30-34-40-44)42-36-28-26-24-22-20-18-16-14-12-10-8-6-4-2/h29-34,37-40,49-50H,3-28,35-36,41-42H2,1-2H3. The van der Waals surface area contributed by atoms with E-state index in [0.29, 0.717) is 24.0 Å². The van der Waals surface area contributed by atoms with Crippen LogP contribution in [0.15, 0.2) is 60.7 Å². The largest absolute Gasteiger partial charge is 0.377 e. The molecule has 2 unspecified atom stereocenters. The molecule has 0 spiro atoms. The molecule has 0 aromatic heterocycles. The molecule has 50 heavy (non-hydrogen) atoms. The van der Waals surface area contributed by atoms with Crippen LogP contribution < -0.4 is 0 Å². The SMILES string of the molecule is CCCCCCCCCCCCCCCCC(O)(C(=O)C(O)(CCCCCCCCCCCCCCCC)c1ccccc1)c1ccccc1. The summed E-state index contributed by atoms with van der Waals surface area (Å²) >= 11 is 0. The summed E-state index contributed by atoms with van der Waals surface area (Å²) in [6.45, 7) is 4.55. The van der Waals surface area contributed by atoms with Crippen LogP contribution >= 0.6 is 0 Å². The molecule has 2 N–H and O–H groups in total. The molecule has 2 rings (SSSR count). The summed E-state index contributed by atoms with van der Waals surface area (Å²) in [7, 11) is 0. The summed E-state index contributed by atoms with van der Waals surface area (Å²) in [4.78, 5) is 14.5. The number of Topliss-reactive ketones (excluding diaryl/α,β-unsaturated/α-hetero) is 1. The fourth-order valence-corrected chi connectivity index (χ4v) is 7.70. The molecule has 0 radical (unpaired) electrons. The topological polar surface area (TPSA) is 57.5 Å². The summed E-state index contributed by atoms with van der Waals surface area (Å²) in [6.07, 6.45) is 35.9. The van der Waals surface area contributed by atoms with Gasteiger partial charge >= 0.3 is 0 Å². The minimum atomic E-state index is -1.72. The van der Waals surface area contributed by atoms with Crippen molar-refractivity contribution in [3.05, 3.63) is 71.8 Å². The van der Waals surface area contributed by atoms with Crippen LogP contribution in [0.3, 0.4) is 0 Å². The normalized spacial score (nSPS) is 14.0. The van der Waals surface area contributed by atoms with Gasteiger partial charge in [0.15, 0.2) is 11.2 Å². The molecule has 3 heteroatoms. The van der Waals surface area contributed by atoms with Crippen LogP contribution in [0.2, 0.25) is 0 Å². The maximum absolute atomic E-state index is 14.5. The van der Waals surface area contributed by atoms with Crippen LogP contribution in [0.4, 0.5) is 0 Å². The Kier molecular flexibility index (Phi) is 25.3. The van der Waals surface area contributed by atoms with Crippen molar-refractivity contribution in [3.8, 4) is 0 Å². The number of benzene rings is 2. The van der Waals surface area contributed by atoms with E-state index in [1.54, 1.807) is 0 Å². The second-order valence-electron chi connectivity index (χ2n) is 15.5. The summed E-state index contributed by atoms with van der Waals surface area (Å²) in [6, 6.07) is 18.8. The zero-order valence-corrected chi connectivity index (χ0v) is 32.8. The van der Waals surface area contributed by atoms with E-state index in [2.05, 4.69) is 13.8 Å².